The maximum atomic E-state index is 12.1. The molecule has 2 aromatic rings. The van der Waals surface area contributed by atoms with E-state index in [1.165, 1.54) is 6.20 Å². The fourth-order valence-electron chi connectivity index (χ4n) is 1.60. The third-order valence-electron chi connectivity index (χ3n) is 2.52. The number of amides is 1. The highest BCUT2D eigenvalue weighted by atomic mass is 35.5. The molecule has 5 nitrogen and oxygen atoms in total. The van der Waals surface area contributed by atoms with E-state index in [1.54, 1.807) is 6.07 Å². The number of halogens is 3. The van der Waals surface area contributed by atoms with E-state index in [2.05, 4.69) is 27.4 Å². The van der Waals surface area contributed by atoms with Crippen molar-refractivity contribution in [3.63, 3.8) is 0 Å². The Morgan fingerprint density at radius 1 is 1.35 bits per heavy atom. The van der Waals surface area contributed by atoms with Gasteiger partial charge in [0.1, 0.15) is 5.69 Å². The van der Waals surface area contributed by atoms with Crippen LogP contribution in [-0.4, -0.2) is 21.1 Å². The molecule has 1 amide bonds. The molecule has 2 aromatic heterocycles. The van der Waals surface area contributed by atoms with Crippen LogP contribution in [-0.2, 0) is 6.42 Å². The van der Waals surface area contributed by atoms with Crippen LogP contribution in [0.3, 0.4) is 0 Å². The Bertz CT molecular complexity index is 642. The van der Waals surface area contributed by atoms with E-state index in [0.29, 0.717) is 5.82 Å². The summed E-state index contributed by atoms with van der Waals surface area (Å²) in [7, 11) is 0. The lowest BCUT2D eigenvalue weighted by Crippen LogP contribution is -2.14. The van der Waals surface area contributed by atoms with E-state index >= 15 is 0 Å². The number of carbonyl (C=O) groups excluding carboxylic acids is 1. The third-order valence-corrected chi connectivity index (χ3v) is 3.76. The van der Waals surface area contributed by atoms with Gasteiger partial charge >= 0.3 is 0 Å². The SMILES string of the molecule is CCCc1cc(NC(=O)c2ncc(Cl)c(Cl)c2Cl)n[nH]1. The first-order valence-corrected chi connectivity index (χ1v) is 7.01. The van der Waals surface area contributed by atoms with Crippen LogP contribution in [0.25, 0.3) is 0 Å². The molecule has 0 spiro atoms. The van der Waals surface area contributed by atoms with Crippen LogP contribution in [0.4, 0.5) is 5.82 Å². The number of pyridine rings is 1. The number of aromatic amines is 1. The molecule has 0 aliphatic heterocycles. The van der Waals surface area contributed by atoms with Crippen molar-refractivity contribution in [1.29, 1.82) is 0 Å². The van der Waals surface area contributed by atoms with Crippen LogP contribution >= 0.6 is 34.8 Å². The molecule has 0 unspecified atom stereocenters. The maximum Gasteiger partial charge on any atom is 0.277 e. The van der Waals surface area contributed by atoms with Crippen LogP contribution in [0, 0.1) is 0 Å². The molecule has 0 aliphatic rings. The van der Waals surface area contributed by atoms with Crippen molar-refractivity contribution in [3.05, 3.63) is 38.7 Å². The number of carbonyl (C=O) groups is 1. The lowest BCUT2D eigenvalue weighted by Gasteiger charge is -2.05. The molecule has 2 heterocycles. The third kappa shape index (κ3) is 3.23. The number of H-pyrrole nitrogens is 1. The maximum absolute atomic E-state index is 12.1. The number of nitrogens with zero attached hydrogens (tertiary/aromatic N) is 2. The largest absolute Gasteiger partial charge is 0.304 e. The van der Waals surface area contributed by atoms with Crippen molar-refractivity contribution < 1.29 is 4.79 Å². The summed E-state index contributed by atoms with van der Waals surface area (Å²) in [6, 6.07) is 1.76. The normalized spacial score (nSPS) is 10.6. The molecule has 2 rings (SSSR count). The molecule has 0 aromatic carbocycles. The first-order valence-electron chi connectivity index (χ1n) is 5.88. The van der Waals surface area contributed by atoms with E-state index in [0.717, 1.165) is 18.5 Å². The van der Waals surface area contributed by atoms with E-state index in [9.17, 15) is 4.79 Å². The number of nitrogens with one attached hydrogen (secondary N) is 2. The highest BCUT2D eigenvalue weighted by Crippen LogP contribution is 2.31. The molecule has 0 atom stereocenters. The first-order chi connectivity index (χ1) is 9.52. The Hall–Kier alpha value is -1.30. The summed E-state index contributed by atoms with van der Waals surface area (Å²) in [5.74, 6) is -0.0921. The zero-order valence-electron chi connectivity index (χ0n) is 10.5. The van der Waals surface area contributed by atoms with Gasteiger partial charge in [-0.25, -0.2) is 4.98 Å². The van der Waals surface area contributed by atoms with Gasteiger partial charge < -0.3 is 5.32 Å². The number of hydrogen-bond acceptors (Lipinski definition) is 3. The van der Waals surface area contributed by atoms with Gasteiger partial charge in [0.15, 0.2) is 5.82 Å². The van der Waals surface area contributed by atoms with Crippen LogP contribution in [0.1, 0.15) is 29.5 Å². The summed E-state index contributed by atoms with van der Waals surface area (Å²) in [5.41, 5.74) is 0.942. The second-order valence-corrected chi connectivity index (χ2v) is 5.23. The highest BCUT2D eigenvalue weighted by Gasteiger charge is 2.18. The van der Waals surface area contributed by atoms with Crippen molar-refractivity contribution in [3.8, 4) is 0 Å². The number of anilines is 1. The number of hydrogen-bond donors (Lipinski definition) is 2. The second kappa shape index (κ2) is 6.43. The van der Waals surface area contributed by atoms with Crippen molar-refractivity contribution in [2.75, 3.05) is 5.32 Å². The molecule has 0 saturated heterocycles. The lowest BCUT2D eigenvalue weighted by molar-refractivity contribution is 0.102. The quantitative estimate of drug-likeness (QED) is 0.889. The van der Waals surface area contributed by atoms with Crippen molar-refractivity contribution in [1.82, 2.24) is 15.2 Å². The zero-order valence-corrected chi connectivity index (χ0v) is 12.8. The van der Waals surface area contributed by atoms with E-state index in [1.807, 2.05) is 0 Å². The molecular formula is C12H11Cl3N4O. The molecule has 2 N–H and O–H groups in total. The average Bonchev–Trinajstić information content (AvgIpc) is 2.84. The highest BCUT2D eigenvalue weighted by molar-refractivity contribution is 6.49. The molecular weight excluding hydrogens is 323 g/mol. The summed E-state index contributed by atoms with van der Waals surface area (Å²) >= 11 is 17.6. The first kappa shape index (κ1) is 15.1. The summed E-state index contributed by atoms with van der Waals surface area (Å²) in [4.78, 5) is 15.9. The minimum absolute atomic E-state index is 0.00103. The Morgan fingerprint density at radius 2 is 2.10 bits per heavy atom. The molecule has 8 heteroatoms. The number of rotatable bonds is 4. The predicted octanol–water partition coefficient (Wildman–Crippen LogP) is 3.97. The molecule has 0 saturated carbocycles. The standard InChI is InChI=1S/C12H11Cl3N4O/c1-2-3-6-4-8(19-18-6)17-12(20)11-10(15)9(14)7(13)5-16-11/h4-5H,2-3H2,1H3,(H2,17,18,19,20). The Kier molecular flexibility index (Phi) is 4.86. The summed E-state index contributed by atoms with van der Waals surface area (Å²) in [6.07, 6.45) is 3.11. The van der Waals surface area contributed by atoms with Gasteiger partial charge in [-0.1, -0.05) is 48.1 Å². The molecule has 20 heavy (non-hydrogen) atoms. The molecule has 106 valence electrons. The smallest absolute Gasteiger partial charge is 0.277 e. The van der Waals surface area contributed by atoms with Crippen molar-refractivity contribution in [2.24, 2.45) is 0 Å². The van der Waals surface area contributed by atoms with Gasteiger partial charge in [-0.05, 0) is 6.42 Å². The van der Waals surface area contributed by atoms with Gasteiger partial charge in [-0.3, -0.25) is 9.89 Å². The van der Waals surface area contributed by atoms with Crippen LogP contribution < -0.4 is 5.32 Å². The molecule has 0 aliphatic carbocycles. The minimum Gasteiger partial charge on any atom is -0.304 e. The van der Waals surface area contributed by atoms with Gasteiger partial charge in [0, 0.05) is 18.0 Å². The van der Waals surface area contributed by atoms with Crippen LogP contribution in [0.2, 0.25) is 15.1 Å². The number of aryl methyl sites for hydroxylation is 1. The molecule has 0 radical (unpaired) electrons. The van der Waals surface area contributed by atoms with Crippen molar-refractivity contribution in [2.45, 2.75) is 19.8 Å². The predicted molar refractivity (Wildman–Crippen MR) is 79.8 cm³/mol. The van der Waals surface area contributed by atoms with Gasteiger partial charge in [0.25, 0.3) is 5.91 Å². The second-order valence-electron chi connectivity index (χ2n) is 4.07. The molecule has 0 fully saturated rings. The Balaban J connectivity index is 2.17. The van der Waals surface area contributed by atoms with Crippen molar-refractivity contribution >= 4 is 46.5 Å². The zero-order chi connectivity index (χ0) is 14.7. The fourth-order valence-corrected chi connectivity index (χ4v) is 2.17. The average molecular weight is 334 g/mol. The summed E-state index contributed by atoms with van der Waals surface area (Å²) in [6.45, 7) is 2.05. The van der Waals surface area contributed by atoms with E-state index in [4.69, 9.17) is 34.8 Å². The van der Waals surface area contributed by atoms with Crippen LogP contribution in [0.15, 0.2) is 12.3 Å². The van der Waals surface area contributed by atoms with E-state index < -0.39 is 5.91 Å². The van der Waals surface area contributed by atoms with Crippen LogP contribution in [0.5, 0.6) is 0 Å². The summed E-state index contributed by atoms with van der Waals surface area (Å²) in [5, 5.41) is 9.72. The fraction of sp³-hybridized carbons (Fsp3) is 0.250. The minimum atomic E-state index is -0.497. The number of aromatic nitrogens is 3. The van der Waals surface area contributed by atoms with Gasteiger partial charge in [0.2, 0.25) is 0 Å². The monoisotopic (exact) mass is 332 g/mol. The van der Waals surface area contributed by atoms with Gasteiger partial charge in [0.05, 0.1) is 15.1 Å². The lowest BCUT2D eigenvalue weighted by atomic mass is 10.2. The summed E-state index contributed by atoms with van der Waals surface area (Å²) < 4.78 is 0. The molecule has 0 bridgehead atoms. The van der Waals surface area contributed by atoms with E-state index in [-0.39, 0.29) is 20.8 Å². The Morgan fingerprint density at radius 3 is 2.80 bits per heavy atom. The van der Waals surface area contributed by atoms with Gasteiger partial charge in [-0.2, -0.15) is 5.10 Å². The van der Waals surface area contributed by atoms with Gasteiger partial charge in [-0.15, -0.1) is 0 Å². The topological polar surface area (TPSA) is 70.7 Å². The Labute approximate surface area is 130 Å².